The molecule has 25 heavy (non-hydrogen) atoms. The Morgan fingerprint density at radius 2 is 1.52 bits per heavy atom. The summed E-state index contributed by atoms with van der Waals surface area (Å²) < 4.78 is 5.22. The monoisotopic (exact) mass is 540 g/mol. The zero-order valence-electron chi connectivity index (χ0n) is 15.1. The summed E-state index contributed by atoms with van der Waals surface area (Å²) in [7, 11) is 0. The van der Waals surface area contributed by atoms with E-state index in [4.69, 9.17) is 16.2 Å². The molecule has 4 N–H and O–H groups in total. The van der Waals surface area contributed by atoms with Crippen LogP contribution in [0.1, 0.15) is 33.1 Å². The Balaban J connectivity index is 0. The van der Waals surface area contributed by atoms with Gasteiger partial charge in [-0.25, -0.2) is 0 Å². The number of hydrogen-bond donors (Lipinski definition) is 2. The fourth-order valence-corrected chi connectivity index (χ4v) is 2.48. The number of carbonyl (C=O) groups excluding carboxylic acids is 2. The molecule has 0 spiro atoms. The van der Waals surface area contributed by atoms with E-state index in [-0.39, 0.29) is 32.9 Å². The van der Waals surface area contributed by atoms with E-state index in [0.29, 0.717) is 19.6 Å². The minimum absolute atomic E-state index is 0. The third-order valence-corrected chi connectivity index (χ3v) is 4.62. The Morgan fingerprint density at radius 1 is 1.08 bits per heavy atom. The maximum atomic E-state index is 10.4. The van der Waals surface area contributed by atoms with E-state index < -0.39 is 17.9 Å². The van der Waals surface area contributed by atoms with Gasteiger partial charge in [-0.2, -0.15) is 0 Å². The molecule has 0 bridgehead atoms. The third-order valence-electron chi connectivity index (χ3n) is 4.62. The van der Waals surface area contributed by atoms with Crippen LogP contribution >= 0.6 is 0 Å². The average molecular weight is 541 g/mol. The van der Waals surface area contributed by atoms with E-state index in [0.717, 1.165) is 39.1 Å². The van der Waals surface area contributed by atoms with Gasteiger partial charge in [0.2, 0.25) is 0 Å². The van der Waals surface area contributed by atoms with E-state index in [2.05, 4.69) is 0 Å². The zero-order chi connectivity index (χ0) is 18.6. The Labute approximate surface area is 164 Å². The molecule has 1 saturated heterocycles. The van der Waals surface area contributed by atoms with Gasteiger partial charge in [0.15, 0.2) is 0 Å². The van der Waals surface area contributed by atoms with Gasteiger partial charge in [-0.15, -0.1) is 0 Å². The molecule has 0 atom stereocenters. The van der Waals surface area contributed by atoms with Gasteiger partial charge in [0.05, 0.1) is 11.9 Å². The van der Waals surface area contributed by atoms with Crippen LogP contribution in [0.5, 0.6) is 0 Å². The molecule has 0 amide bonds. The molecule has 0 aromatic rings. The van der Waals surface area contributed by atoms with Crippen molar-refractivity contribution < 1.29 is 45.6 Å². The van der Waals surface area contributed by atoms with Gasteiger partial charge < -0.3 is 40.9 Å². The molecule has 1 rings (SSSR count). The van der Waals surface area contributed by atoms with Crippen LogP contribution in [0.3, 0.4) is 0 Å². The van der Waals surface area contributed by atoms with Gasteiger partial charge in [-0.05, 0) is 57.4 Å². The summed E-state index contributed by atoms with van der Waals surface area (Å²) in [6, 6.07) is 0. The summed E-state index contributed by atoms with van der Waals surface area (Å²) in [5, 5.41) is 20.8. The molecule has 0 saturated carbocycles. The molecule has 0 aromatic carbocycles. The number of hydrogen-bond acceptors (Lipinski definition) is 8. The quantitative estimate of drug-likeness (QED) is 0.306. The van der Waals surface area contributed by atoms with Crippen LogP contribution in [0.2, 0.25) is 0 Å². The predicted octanol–water partition coefficient (Wildman–Crippen LogP) is -2.47. The standard InChI is InChI=1S/C9H17NO4.C7H16N2O.Pt/c1-3-10(4-2)6-5-7(8(11)12)9(13)14;8-5-7(6-9)1-3-10-4-2-7;/h7H,3-6H2,1-2H3,(H,11,12)(H,13,14);1-6,8-9H2;/q;;+2/p-2. The van der Waals surface area contributed by atoms with Crippen LogP contribution < -0.4 is 21.7 Å². The number of carboxylic acid groups (broad SMARTS) is 2. The second-order valence-corrected chi connectivity index (χ2v) is 6.03. The van der Waals surface area contributed by atoms with Crippen molar-refractivity contribution in [2.75, 3.05) is 45.9 Å². The van der Waals surface area contributed by atoms with Crippen molar-refractivity contribution in [2.45, 2.75) is 33.1 Å². The molecule has 1 aliphatic heterocycles. The SMILES string of the molecule is CCN(CC)CCC(C(=O)[O-])C(=O)[O-].NCC1(CN)CCOCC1.[Pt+2]. The van der Waals surface area contributed by atoms with Gasteiger partial charge in [0, 0.05) is 19.1 Å². The number of ether oxygens (including phenoxy) is 1. The number of aliphatic carboxylic acids is 2. The van der Waals surface area contributed by atoms with Crippen molar-refractivity contribution >= 4 is 11.9 Å². The number of carbonyl (C=O) groups is 2. The number of rotatable bonds is 9. The number of nitrogens with two attached hydrogens (primary N) is 2. The molecule has 1 fully saturated rings. The molecular formula is C16H31N3O5Pt. The van der Waals surface area contributed by atoms with Crippen LogP contribution in [0.4, 0.5) is 0 Å². The zero-order valence-corrected chi connectivity index (χ0v) is 17.4. The summed E-state index contributed by atoms with van der Waals surface area (Å²) in [6.45, 7) is 8.88. The van der Waals surface area contributed by atoms with E-state index in [1.54, 1.807) is 0 Å². The molecule has 0 unspecified atom stereocenters. The van der Waals surface area contributed by atoms with Crippen molar-refractivity contribution in [3.63, 3.8) is 0 Å². The van der Waals surface area contributed by atoms with Crippen molar-refractivity contribution in [2.24, 2.45) is 22.8 Å². The fourth-order valence-electron chi connectivity index (χ4n) is 2.48. The topological polar surface area (TPSA) is 145 Å². The molecule has 0 radical (unpaired) electrons. The van der Waals surface area contributed by atoms with Crippen LogP contribution in [0.25, 0.3) is 0 Å². The van der Waals surface area contributed by atoms with Crippen LogP contribution in [-0.4, -0.2) is 62.8 Å². The van der Waals surface area contributed by atoms with Crippen molar-refractivity contribution in [3.8, 4) is 0 Å². The van der Waals surface area contributed by atoms with E-state index in [9.17, 15) is 19.8 Å². The number of carboxylic acids is 2. The average Bonchev–Trinajstić information content (AvgIpc) is 2.59. The van der Waals surface area contributed by atoms with Crippen molar-refractivity contribution in [1.29, 1.82) is 0 Å². The minimum atomic E-state index is -1.57. The van der Waals surface area contributed by atoms with Crippen LogP contribution in [-0.2, 0) is 35.4 Å². The third kappa shape index (κ3) is 10.3. The largest absolute Gasteiger partial charge is 2.00 e. The van der Waals surface area contributed by atoms with E-state index in [1.807, 2.05) is 18.7 Å². The molecule has 1 heterocycles. The summed E-state index contributed by atoms with van der Waals surface area (Å²) in [5.41, 5.74) is 11.4. The van der Waals surface area contributed by atoms with Gasteiger partial charge in [0.25, 0.3) is 0 Å². The molecule has 9 heteroatoms. The summed E-state index contributed by atoms with van der Waals surface area (Å²) in [6.07, 6.45) is 2.09. The summed E-state index contributed by atoms with van der Waals surface area (Å²) in [5.74, 6) is -4.65. The molecule has 1 aliphatic rings. The van der Waals surface area contributed by atoms with E-state index in [1.165, 1.54) is 0 Å². The van der Waals surface area contributed by atoms with Gasteiger partial charge in [0.1, 0.15) is 0 Å². The number of nitrogens with zero attached hydrogens (tertiary/aromatic N) is 1. The minimum Gasteiger partial charge on any atom is -0.549 e. The fraction of sp³-hybridized carbons (Fsp3) is 0.875. The Morgan fingerprint density at radius 3 is 1.80 bits per heavy atom. The maximum Gasteiger partial charge on any atom is 2.00 e. The maximum absolute atomic E-state index is 10.4. The second-order valence-electron chi connectivity index (χ2n) is 6.03. The first kappa shape index (κ1) is 26.7. The summed E-state index contributed by atoms with van der Waals surface area (Å²) in [4.78, 5) is 22.7. The second kappa shape index (κ2) is 14.6. The molecule has 150 valence electrons. The first-order valence-electron chi connectivity index (χ1n) is 8.47. The Hall–Kier alpha value is -0.532. The van der Waals surface area contributed by atoms with Gasteiger partial charge in [-0.3, -0.25) is 0 Å². The normalized spacial score (nSPS) is 15.9. The Kier molecular flexibility index (Phi) is 15.6. The van der Waals surface area contributed by atoms with E-state index >= 15 is 0 Å². The van der Waals surface area contributed by atoms with Crippen molar-refractivity contribution in [1.82, 2.24) is 4.90 Å². The van der Waals surface area contributed by atoms with Gasteiger partial charge >= 0.3 is 21.1 Å². The first-order valence-corrected chi connectivity index (χ1v) is 8.47. The van der Waals surface area contributed by atoms with Gasteiger partial charge in [-0.1, -0.05) is 13.8 Å². The molecule has 0 aliphatic carbocycles. The smallest absolute Gasteiger partial charge is 0.549 e. The Bertz CT molecular complexity index is 355. The van der Waals surface area contributed by atoms with Crippen LogP contribution in [0.15, 0.2) is 0 Å². The molecule has 0 aromatic heterocycles. The first-order chi connectivity index (χ1) is 11.4. The molecular weight excluding hydrogens is 509 g/mol. The summed E-state index contributed by atoms with van der Waals surface area (Å²) >= 11 is 0. The van der Waals surface area contributed by atoms with Crippen LogP contribution in [0, 0.1) is 11.3 Å². The predicted molar refractivity (Wildman–Crippen MR) is 86.5 cm³/mol. The van der Waals surface area contributed by atoms with Crippen molar-refractivity contribution in [3.05, 3.63) is 0 Å². The molecule has 8 nitrogen and oxygen atoms in total.